The van der Waals surface area contributed by atoms with Gasteiger partial charge in [-0.15, -0.1) is 0 Å². The summed E-state index contributed by atoms with van der Waals surface area (Å²) in [5.41, 5.74) is -1.96. The van der Waals surface area contributed by atoms with E-state index in [1.54, 1.807) is 38.1 Å². The summed E-state index contributed by atoms with van der Waals surface area (Å²) in [6.07, 6.45) is -1.15. The number of carbonyl (C=O) groups excluding carboxylic acids is 3. The highest BCUT2D eigenvalue weighted by molar-refractivity contribution is 9.10. The molecule has 2 aromatic carbocycles. The van der Waals surface area contributed by atoms with Gasteiger partial charge >= 0.3 is 5.97 Å². The van der Waals surface area contributed by atoms with Crippen molar-refractivity contribution < 1.29 is 24.0 Å². The zero-order valence-electron chi connectivity index (χ0n) is 16.7. The molecule has 0 saturated carbocycles. The second-order valence-corrected chi connectivity index (χ2v) is 9.04. The summed E-state index contributed by atoms with van der Waals surface area (Å²) in [4.78, 5) is 49.2. The number of rotatable bonds is 5. The third kappa shape index (κ3) is 3.79. The Morgan fingerprint density at radius 2 is 1.63 bits per heavy atom. The van der Waals surface area contributed by atoms with Crippen LogP contribution in [0.5, 0.6) is 0 Å². The summed E-state index contributed by atoms with van der Waals surface area (Å²) in [6.45, 7) is 4.81. The summed E-state index contributed by atoms with van der Waals surface area (Å²) in [7, 11) is 0. The van der Waals surface area contributed by atoms with Crippen LogP contribution in [0, 0.1) is 20.9 Å². The van der Waals surface area contributed by atoms with E-state index in [9.17, 15) is 24.5 Å². The fourth-order valence-electron chi connectivity index (χ4n) is 3.77. The Morgan fingerprint density at radius 3 is 2.17 bits per heavy atom. The molecule has 2 aromatic rings. The lowest BCUT2D eigenvalue weighted by molar-refractivity contribution is -0.384. The van der Waals surface area contributed by atoms with E-state index in [2.05, 4.69) is 15.9 Å². The van der Waals surface area contributed by atoms with Crippen LogP contribution in [0.4, 0.5) is 5.69 Å². The summed E-state index contributed by atoms with van der Waals surface area (Å²) in [6, 6.07) is 12.2. The summed E-state index contributed by atoms with van der Waals surface area (Å²) in [5, 5.41) is 10.8. The molecule has 30 heavy (non-hydrogen) atoms. The highest BCUT2D eigenvalue weighted by atomic mass is 79.9. The van der Waals surface area contributed by atoms with Crippen molar-refractivity contribution in [2.75, 3.05) is 0 Å². The molecule has 0 aromatic heterocycles. The number of nitro groups is 1. The lowest BCUT2D eigenvalue weighted by Gasteiger charge is -2.44. The predicted molar refractivity (Wildman–Crippen MR) is 112 cm³/mol. The second-order valence-electron chi connectivity index (χ2n) is 8.12. The lowest BCUT2D eigenvalue weighted by Crippen LogP contribution is -2.54. The van der Waals surface area contributed by atoms with Gasteiger partial charge in [-0.2, -0.15) is 0 Å². The molecule has 7 nitrogen and oxygen atoms in total. The molecular weight excluding hydrogens is 454 g/mol. The lowest BCUT2D eigenvalue weighted by atomic mass is 9.64. The van der Waals surface area contributed by atoms with Crippen molar-refractivity contribution in [1.82, 2.24) is 0 Å². The van der Waals surface area contributed by atoms with E-state index < -0.39 is 33.6 Å². The molecular formula is C22H20BrNO6. The van der Waals surface area contributed by atoms with Gasteiger partial charge in [0, 0.05) is 28.6 Å². The predicted octanol–water partition coefficient (Wildman–Crippen LogP) is 4.83. The molecule has 0 bridgehead atoms. The first-order valence-electron chi connectivity index (χ1n) is 9.26. The number of nitrogens with zero attached hydrogens (tertiary/aromatic N) is 1. The first kappa shape index (κ1) is 21.8. The molecule has 1 heterocycles. The zero-order valence-corrected chi connectivity index (χ0v) is 18.3. The fourth-order valence-corrected chi connectivity index (χ4v) is 4.04. The van der Waals surface area contributed by atoms with Crippen LogP contribution < -0.4 is 0 Å². The number of non-ortho nitro benzene ring substituents is 1. The number of ether oxygens (including phenoxy) is 1. The number of Topliss-reactive ketones (excluding diaryl/α,β-unsaturated/α-hetero) is 2. The van der Waals surface area contributed by atoms with Gasteiger partial charge in [0.25, 0.3) is 5.69 Å². The van der Waals surface area contributed by atoms with E-state index in [0.29, 0.717) is 5.56 Å². The van der Waals surface area contributed by atoms with Gasteiger partial charge in [0.1, 0.15) is 11.5 Å². The van der Waals surface area contributed by atoms with Gasteiger partial charge in [-0.05, 0) is 50.6 Å². The third-order valence-corrected chi connectivity index (χ3v) is 6.03. The Bertz CT molecular complexity index is 1030. The number of nitro benzene ring substituents is 1. The van der Waals surface area contributed by atoms with E-state index in [4.69, 9.17) is 4.74 Å². The molecule has 1 fully saturated rings. The van der Waals surface area contributed by atoms with Crippen LogP contribution in [-0.4, -0.2) is 22.5 Å². The number of esters is 1. The summed E-state index contributed by atoms with van der Waals surface area (Å²) >= 11 is 3.35. The van der Waals surface area contributed by atoms with Crippen molar-refractivity contribution in [2.45, 2.75) is 33.3 Å². The zero-order chi connectivity index (χ0) is 22.3. The topological polar surface area (TPSA) is 104 Å². The molecule has 0 radical (unpaired) electrons. The molecule has 1 aliphatic rings. The Hall–Kier alpha value is -2.87. The van der Waals surface area contributed by atoms with E-state index in [0.717, 1.165) is 4.47 Å². The molecule has 1 aliphatic heterocycles. The van der Waals surface area contributed by atoms with Gasteiger partial charge in [-0.25, -0.2) is 0 Å². The standard InChI is InChI=1S/C22H20BrNO6/c1-21(2)18(14-4-8-15(23)9-5-14)30-20(27)22(3,19(21)26)12-17(25)13-6-10-16(11-7-13)24(28)29/h4-11,18H,12H2,1-3H3/t18-,22-/m0/s1. The molecule has 8 heteroatoms. The van der Waals surface area contributed by atoms with Crippen LogP contribution in [0.25, 0.3) is 0 Å². The number of ketones is 2. The average Bonchev–Trinajstić information content (AvgIpc) is 2.70. The highest BCUT2D eigenvalue weighted by Crippen LogP contribution is 2.49. The van der Waals surface area contributed by atoms with Gasteiger partial charge in [0.05, 0.1) is 10.3 Å². The molecule has 3 rings (SSSR count). The number of benzene rings is 2. The number of halogens is 1. The average molecular weight is 474 g/mol. The summed E-state index contributed by atoms with van der Waals surface area (Å²) < 4.78 is 6.54. The molecule has 0 spiro atoms. The monoisotopic (exact) mass is 473 g/mol. The number of cyclic esters (lactones) is 1. The Balaban J connectivity index is 1.87. The van der Waals surface area contributed by atoms with Crippen LogP contribution in [-0.2, 0) is 14.3 Å². The fraction of sp³-hybridized carbons (Fsp3) is 0.318. The SMILES string of the molecule is CC1(C)C(=O)[C@](C)(CC(=O)c2ccc([N+](=O)[O-])cc2)C(=O)O[C@H]1c1ccc(Br)cc1. The van der Waals surface area contributed by atoms with Gasteiger partial charge < -0.3 is 4.74 Å². The van der Waals surface area contributed by atoms with Crippen molar-refractivity contribution in [3.63, 3.8) is 0 Å². The van der Waals surface area contributed by atoms with E-state index in [1.165, 1.54) is 31.2 Å². The van der Waals surface area contributed by atoms with Crippen LogP contribution in [0.2, 0.25) is 0 Å². The van der Waals surface area contributed by atoms with Gasteiger partial charge in [0.15, 0.2) is 11.6 Å². The van der Waals surface area contributed by atoms with Crippen molar-refractivity contribution in [3.8, 4) is 0 Å². The maximum Gasteiger partial charge on any atom is 0.320 e. The largest absolute Gasteiger partial charge is 0.456 e. The molecule has 0 aliphatic carbocycles. The van der Waals surface area contributed by atoms with E-state index in [1.807, 2.05) is 0 Å². The van der Waals surface area contributed by atoms with Crippen LogP contribution in [0.3, 0.4) is 0 Å². The summed E-state index contributed by atoms with van der Waals surface area (Å²) in [5.74, 6) is -1.60. The van der Waals surface area contributed by atoms with E-state index >= 15 is 0 Å². The first-order valence-corrected chi connectivity index (χ1v) is 10.1. The van der Waals surface area contributed by atoms with Crippen molar-refractivity contribution in [3.05, 3.63) is 74.2 Å². The normalized spacial score (nSPS) is 23.0. The van der Waals surface area contributed by atoms with Crippen molar-refractivity contribution in [2.24, 2.45) is 10.8 Å². The number of carbonyl (C=O) groups is 3. The molecule has 1 saturated heterocycles. The smallest absolute Gasteiger partial charge is 0.320 e. The van der Waals surface area contributed by atoms with Crippen LogP contribution >= 0.6 is 15.9 Å². The van der Waals surface area contributed by atoms with Gasteiger partial charge in [-0.3, -0.25) is 24.5 Å². The molecule has 2 atom stereocenters. The van der Waals surface area contributed by atoms with Crippen LogP contribution in [0.15, 0.2) is 53.0 Å². The first-order chi connectivity index (χ1) is 14.0. The molecule has 0 unspecified atom stereocenters. The molecule has 0 amide bonds. The minimum absolute atomic E-state index is 0.149. The third-order valence-electron chi connectivity index (χ3n) is 5.50. The van der Waals surface area contributed by atoms with Gasteiger partial charge in [-0.1, -0.05) is 28.1 Å². The Morgan fingerprint density at radius 1 is 1.07 bits per heavy atom. The van der Waals surface area contributed by atoms with Gasteiger partial charge in [0.2, 0.25) is 0 Å². The maximum atomic E-state index is 13.4. The molecule has 0 N–H and O–H groups in total. The minimum Gasteiger partial charge on any atom is -0.456 e. The van der Waals surface area contributed by atoms with E-state index in [-0.39, 0.29) is 23.5 Å². The minimum atomic E-state index is -1.64. The number of hydrogen-bond acceptors (Lipinski definition) is 6. The Labute approximate surface area is 181 Å². The number of hydrogen-bond donors (Lipinski definition) is 0. The second kappa shape index (κ2) is 7.75. The van der Waals surface area contributed by atoms with Crippen LogP contribution in [0.1, 0.15) is 49.2 Å². The molecule has 156 valence electrons. The Kier molecular flexibility index (Phi) is 5.64. The quantitative estimate of drug-likeness (QED) is 0.202. The highest BCUT2D eigenvalue weighted by Gasteiger charge is 2.58. The maximum absolute atomic E-state index is 13.4. The van der Waals surface area contributed by atoms with Crippen molar-refractivity contribution in [1.29, 1.82) is 0 Å². The van der Waals surface area contributed by atoms with Crippen molar-refractivity contribution >= 4 is 39.2 Å².